The highest BCUT2D eigenvalue weighted by Gasteiger charge is 2.39. The molecule has 2 heterocycles. The minimum Gasteiger partial charge on any atom is -0.459 e. The first kappa shape index (κ1) is 32.4. The number of fused-ring (bicyclic) bond motifs is 3. The fraction of sp³-hybridized carbons (Fsp3) is 0.452. The second kappa shape index (κ2) is 13.4. The van der Waals surface area contributed by atoms with Crippen LogP contribution in [-0.2, 0) is 36.5 Å². The SMILES string of the molecule is CCOCc1nc2c(N)nc3ccccc3c2n1C[C@@H](C)O[P@](=O)(N[C@H](C(=O)OC(C)(C)C)C(C)C)Oc1ccccc1. The molecule has 12 heteroatoms. The number of hydrogen-bond donors (Lipinski definition) is 2. The Morgan fingerprint density at radius 2 is 1.72 bits per heavy atom. The van der Waals surface area contributed by atoms with Crippen LogP contribution in [-0.4, -0.2) is 44.9 Å². The molecule has 0 spiro atoms. The number of nitrogens with one attached hydrogen (secondary N) is 1. The molecule has 4 aromatic rings. The van der Waals surface area contributed by atoms with E-state index in [0.717, 1.165) is 16.4 Å². The third kappa shape index (κ3) is 8.12. The Kier molecular flexibility index (Phi) is 10.1. The number of benzene rings is 2. The van der Waals surface area contributed by atoms with Gasteiger partial charge in [-0.25, -0.2) is 14.5 Å². The van der Waals surface area contributed by atoms with Crippen molar-refractivity contribution in [2.75, 3.05) is 12.3 Å². The Balaban J connectivity index is 1.71. The van der Waals surface area contributed by atoms with Gasteiger partial charge >= 0.3 is 13.7 Å². The van der Waals surface area contributed by atoms with Gasteiger partial charge < -0.3 is 24.3 Å². The van der Waals surface area contributed by atoms with Crippen molar-refractivity contribution in [3.63, 3.8) is 0 Å². The Morgan fingerprint density at radius 3 is 2.37 bits per heavy atom. The lowest BCUT2D eigenvalue weighted by molar-refractivity contribution is -0.158. The molecule has 3 N–H and O–H groups in total. The maximum absolute atomic E-state index is 14.5. The quantitative estimate of drug-likeness (QED) is 0.132. The molecule has 232 valence electrons. The molecule has 0 fully saturated rings. The zero-order chi connectivity index (χ0) is 31.4. The molecule has 4 rings (SSSR count). The minimum atomic E-state index is -4.15. The maximum atomic E-state index is 14.5. The van der Waals surface area contributed by atoms with E-state index in [0.29, 0.717) is 29.5 Å². The fourth-order valence-electron chi connectivity index (χ4n) is 4.64. The molecule has 0 saturated heterocycles. The molecule has 11 nitrogen and oxygen atoms in total. The molecule has 3 atom stereocenters. The summed E-state index contributed by atoms with van der Waals surface area (Å²) in [7, 11) is -4.15. The second-order valence-electron chi connectivity index (χ2n) is 11.7. The summed E-state index contributed by atoms with van der Waals surface area (Å²) in [6.45, 7) is 13.6. The van der Waals surface area contributed by atoms with Gasteiger partial charge in [-0.15, -0.1) is 0 Å². The van der Waals surface area contributed by atoms with Crippen LogP contribution in [0.5, 0.6) is 5.75 Å². The third-order valence-corrected chi connectivity index (χ3v) is 8.16. The van der Waals surface area contributed by atoms with Crippen molar-refractivity contribution in [1.82, 2.24) is 19.6 Å². The number of pyridine rings is 1. The number of imidazole rings is 1. The molecule has 0 aliphatic carbocycles. The van der Waals surface area contributed by atoms with Gasteiger partial charge in [-0.3, -0.25) is 9.32 Å². The number of nitrogen functional groups attached to an aromatic ring is 1. The maximum Gasteiger partial charge on any atom is 0.459 e. The Bertz CT molecular complexity index is 1600. The topological polar surface area (TPSA) is 140 Å². The summed E-state index contributed by atoms with van der Waals surface area (Å²) in [5, 5.41) is 3.75. The molecule has 0 unspecified atom stereocenters. The molecular weight excluding hydrogens is 569 g/mol. The Morgan fingerprint density at radius 1 is 1.05 bits per heavy atom. The number of anilines is 1. The van der Waals surface area contributed by atoms with Crippen molar-refractivity contribution >= 4 is 41.5 Å². The molecule has 2 aromatic carbocycles. The summed E-state index contributed by atoms with van der Waals surface area (Å²) in [5.41, 5.74) is 7.64. The number of para-hydroxylation sites is 2. The van der Waals surface area contributed by atoms with E-state index in [9.17, 15) is 9.36 Å². The average molecular weight is 612 g/mol. The van der Waals surface area contributed by atoms with Crippen LogP contribution in [0.3, 0.4) is 0 Å². The minimum absolute atomic E-state index is 0.231. The van der Waals surface area contributed by atoms with Crippen molar-refractivity contribution in [3.05, 3.63) is 60.4 Å². The number of nitrogens with two attached hydrogens (primary N) is 1. The van der Waals surface area contributed by atoms with E-state index in [1.807, 2.05) is 55.7 Å². The number of carbonyl (C=O) groups excluding carboxylic acids is 1. The summed E-state index contributed by atoms with van der Waals surface area (Å²) in [6.07, 6.45) is -0.681. The summed E-state index contributed by atoms with van der Waals surface area (Å²) in [6, 6.07) is 15.4. The molecule has 2 aromatic heterocycles. The van der Waals surface area contributed by atoms with E-state index in [1.54, 1.807) is 52.0 Å². The number of ether oxygens (including phenoxy) is 2. The lowest BCUT2D eigenvalue weighted by atomic mass is 10.1. The van der Waals surface area contributed by atoms with Gasteiger partial charge in [0.05, 0.1) is 23.7 Å². The molecule has 0 radical (unpaired) electrons. The van der Waals surface area contributed by atoms with E-state index in [-0.39, 0.29) is 19.1 Å². The highest BCUT2D eigenvalue weighted by molar-refractivity contribution is 7.52. The van der Waals surface area contributed by atoms with Gasteiger partial charge in [-0.05, 0) is 58.7 Å². The third-order valence-electron chi connectivity index (χ3n) is 6.48. The highest BCUT2D eigenvalue weighted by Crippen LogP contribution is 2.47. The van der Waals surface area contributed by atoms with Gasteiger partial charge in [0, 0.05) is 12.0 Å². The van der Waals surface area contributed by atoms with Crippen molar-refractivity contribution < 1.29 is 27.9 Å². The molecule has 0 bridgehead atoms. The molecule has 0 aliphatic heterocycles. The zero-order valence-corrected chi connectivity index (χ0v) is 26.8. The van der Waals surface area contributed by atoms with Crippen LogP contribution >= 0.6 is 7.75 Å². The molecule has 0 amide bonds. The lowest BCUT2D eigenvalue weighted by Crippen LogP contribution is -2.44. The van der Waals surface area contributed by atoms with Crippen LogP contribution in [0.25, 0.3) is 21.9 Å². The van der Waals surface area contributed by atoms with Gasteiger partial charge in [0.2, 0.25) is 0 Å². The second-order valence-corrected chi connectivity index (χ2v) is 13.3. The van der Waals surface area contributed by atoms with Crippen LogP contribution in [0, 0.1) is 5.92 Å². The molecule has 0 saturated carbocycles. The number of hydrogen-bond acceptors (Lipinski definition) is 9. The largest absolute Gasteiger partial charge is 0.459 e. The van der Waals surface area contributed by atoms with Gasteiger partial charge in [-0.2, -0.15) is 5.09 Å². The van der Waals surface area contributed by atoms with E-state index in [4.69, 9.17) is 29.2 Å². The van der Waals surface area contributed by atoms with E-state index < -0.39 is 31.5 Å². The predicted molar refractivity (Wildman–Crippen MR) is 168 cm³/mol. The van der Waals surface area contributed by atoms with E-state index in [1.165, 1.54) is 0 Å². The van der Waals surface area contributed by atoms with Crippen molar-refractivity contribution in [2.24, 2.45) is 5.92 Å². The summed E-state index contributed by atoms with van der Waals surface area (Å²) < 4.78 is 39.9. The van der Waals surface area contributed by atoms with Crippen LogP contribution in [0.1, 0.15) is 54.3 Å². The number of rotatable bonds is 13. The van der Waals surface area contributed by atoms with Gasteiger partial charge in [-0.1, -0.05) is 50.2 Å². The van der Waals surface area contributed by atoms with Crippen molar-refractivity contribution in [1.29, 1.82) is 0 Å². The van der Waals surface area contributed by atoms with Crippen LogP contribution in [0.4, 0.5) is 5.82 Å². The summed E-state index contributed by atoms with van der Waals surface area (Å²) >= 11 is 0. The molecule has 0 aliphatic rings. The predicted octanol–water partition coefficient (Wildman–Crippen LogP) is 6.25. The highest BCUT2D eigenvalue weighted by atomic mass is 31.2. The fourth-order valence-corrected chi connectivity index (χ4v) is 6.48. The summed E-state index contributed by atoms with van der Waals surface area (Å²) in [5.74, 6) is 0.420. The first-order valence-corrected chi connectivity index (χ1v) is 16.0. The van der Waals surface area contributed by atoms with Crippen LogP contribution in [0.15, 0.2) is 54.6 Å². The normalized spacial score (nSPS) is 15.0. The summed E-state index contributed by atoms with van der Waals surface area (Å²) in [4.78, 5) is 22.4. The number of carbonyl (C=O) groups is 1. The molecular formula is C31H42N5O6P. The number of nitrogens with zero attached hydrogens (tertiary/aromatic N) is 3. The Labute approximate surface area is 252 Å². The average Bonchev–Trinajstić information content (AvgIpc) is 3.28. The monoisotopic (exact) mass is 611 g/mol. The first-order valence-electron chi connectivity index (χ1n) is 14.4. The van der Waals surface area contributed by atoms with E-state index >= 15 is 0 Å². The molecule has 43 heavy (non-hydrogen) atoms. The van der Waals surface area contributed by atoms with Crippen molar-refractivity contribution in [3.8, 4) is 5.75 Å². The van der Waals surface area contributed by atoms with Gasteiger partial charge in [0.1, 0.15) is 35.3 Å². The lowest BCUT2D eigenvalue weighted by Gasteiger charge is -2.30. The van der Waals surface area contributed by atoms with E-state index in [2.05, 4.69) is 10.1 Å². The van der Waals surface area contributed by atoms with Crippen LogP contribution < -0.4 is 15.3 Å². The van der Waals surface area contributed by atoms with Gasteiger partial charge in [0.25, 0.3) is 0 Å². The van der Waals surface area contributed by atoms with Crippen molar-refractivity contribution in [2.45, 2.75) is 79.4 Å². The Hall–Kier alpha value is -3.50. The number of aromatic nitrogens is 3. The zero-order valence-electron chi connectivity index (χ0n) is 25.9. The first-order chi connectivity index (χ1) is 20.3. The standard InChI is InChI=1S/C31H42N5O6P/c1-8-39-19-25-34-27-28(23-16-12-13-17-24(23)33-29(27)32)36(25)18-21(4)41-43(38,42-22-14-10-9-11-15-22)35-26(20(2)3)30(37)40-31(5,6)7/h9-17,20-21,26H,8,18-19H2,1-7H3,(H2,32,33)(H,35,38)/t21-,26+,43-/m1/s1. The smallest absolute Gasteiger partial charge is 0.459 e. The number of esters is 1. The van der Waals surface area contributed by atoms with Crippen LogP contribution in [0.2, 0.25) is 0 Å². The van der Waals surface area contributed by atoms with Gasteiger partial charge in [0.15, 0.2) is 5.82 Å².